The van der Waals surface area contributed by atoms with Crippen LogP contribution in [0.1, 0.15) is 0 Å². The van der Waals surface area contributed by atoms with Crippen LogP contribution >= 0.6 is 22.9 Å². The van der Waals surface area contributed by atoms with E-state index in [1.165, 1.54) is 0 Å². The molecule has 0 aliphatic carbocycles. The fourth-order valence-corrected chi connectivity index (χ4v) is 3.51. The molecule has 0 radical (unpaired) electrons. The van der Waals surface area contributed by atoms with Gasteiger partial charge in [-0.3, -0.25) is 4.98 Å². The summed E-state index contributed by atoms with van der Waals surface area (Å²) in [7, 11) is 0. The summed E-state index contributed by atoms with van der Waals surface area (Å²) in [6.07, 6.45) is 3.40. The van der Waals surface area contributed by atoms with E-state index in [1.54, 1.807) is 23.7 Å². The Hall–Kier alpha value is -2.24. The standard InChI is InChI=1S/C15H8ClN3OS/c16-12-10-5-1-2-6-11(10)21-13(12)15-18-14(19-20-15)9-4-3-7-17-8-9/h1-8H. The molecule has 0 fully saturated rings. The number of benzene rings is 1. The monoisotopic (exact) mass is 313 g/mol. The van der Waals surface area contributed by atoms with Gasteiger partial charge in [-0.1, -0.05) is 35.0 Å². The highest BCUT2D eigenvalue weighted by atomic mass is 35.5. The normalized spacial score (nSPS) is 11.1. The number of aromatic nitrogens is 3. The van der Waals surface area contributed by atoms with Crippen molar-refractivity contribution in [2.45, 2.75) is 0 Å². The molecule has 4 rings (SSSR count). The highest BCUT2D eigenvalue weighted by Crippen LogP contribution is 2.41. The van der Waals surface area contributed by atoms with Gasteiger partial charge in [0.05, 0.1) is 5.02 Å². The molecular weight excluding hydrogens is 306 g/mol. The quantitative estimate of drug-likeness (QED) is 0.540. The van der Waals surface area contributed by atoms with Crippen molar-refractivity contribution in [1.82, 2.24) is 15.1 Å². The minimum atomic E-state index is 0.431. The van der Waals surface area contributed by atoms with Gasteiger partial charge in [-0.05, 0) is 18.2 Å². The van der Waals surface area contributed by atoms with Crippen LogP contribution in [0.5, 0.6) is 0 Å². The molecule has 0 saturated heterocycles. The van der Waals surface area contributed by atoms with E-state index in [9.17, 15) is 0 Å². The van der Waals surface area contributed by atoms with E-state index < -0.39 is 0 Å². The highest BCUT2D eigenvalue weighted by Gasteiger charge is 2.18. The Morgan fingerprint density at radius 1 is 1.10 bits per heavy atom. The Labute approximate surface area is 129 Å². The zero-order valence-electron chi connectivity index (χ0n) is 10.7. The molecule has 102 valence electrons. The molecule has 21 heavy (non-hydrogen) atoms. The lowest BCUT2D eigenvalue weighted by Gasteiger charge is -1.90. The molecule has 0 unspecified atom stereocenters. The lowest BCUT2D eigenvalue weighted by molar-refractivity contribution is 0.433. The molecular formula is C15H8ClN3OS. The summed E-state index contributed by atoms with van der Waals surface area (Å²) in [5.74, 6) is 0.937. The largest absolute Gasteiger partial charge is 0.333 e. The molecule has 0 aliphatic heterocycles. The van der Waals surface area contributed by atoms with Crippen LogP contribution in [-0.2, 0) is 0 Å². The van der Waals surface area contributed by atoms with Gasteiger partial charge in [0.25, 0.3) is 5.89 Å². The minimum absolute atomic E-state index is 0.431. The topological polar surface area (TPSA) is 51.8 Å². The molecule has 0 spiro atoms. The molecule has 0 saturated carbocycles. The van der Waals surface area contributed by atoms with Crippen LogP contribution in [0, 0.1) is 0 Å². The Morgan fingerprint density at radius 3 is 2.81 bits per heavy atom. The fourth-order valence-electron chi connectivity index (χ4n) is 2.08. The predicted molar refractivity (Wildman–Crippen MR) is 83.4 cm³/mol. The van der Waals surface area contributed by atoms with Gasteiger partial charge in [0.1, 0.15) is 4.88 Å². The maximum atomic E-state index is 6.42. The number of thiophene rings is 1. The third-order valence-electron chi connectivity index (χ3n) is 3.07. The van der Waals surface area contributed by atoms with Crippen LogP contribution < -0.4 is 0 Å². The lowest BCUT2D eigenvalue weighted by Crippen LogP contribution is -1.81. The Kier molecular flexibility index (Phi) is 2.94. The fraction of sp³-hybridized carbons (Fsp3) is 0. The van der Waals surface area contributed by atoms with Crippen molar-refractivity contribution in [3.63, 3.8) is 0 Å². The number of pyridine rings is 1. The van der Waals surface area contributed by atoms with E-state index in [4.69, 9.17) is 16.1 Å². The predicted octanol–water partition coefficient (Wildman–Crippen LogP) is 4.67. The van der Waals surface area contributed by atoms with Crippen molar-refractivity contribution in [3.05, 3.63) is 53.8 Å². The molecule has 4 aromatic rings. The summed E-state index contributed by atoms with van der Waals surface area (Å²) in [5.41, 5.74) is 0.810. The summed E-state index contributed by atoms with van der Waals surface area (Å²) in [5, 5.41) is 5.65. The van der Waals surface area contributed by atoms with Crippen molar-refractivity contribution < 1.29 is 4.52 Å². The average Bonchev–Trinajstić information content (AvgIpc) is 3.14. The second-order valence-electron chi connectivity index (χ2n) is 4.41. The molecule has 3 heterocycles. The zero-order valence-corrected chi connectivity index (χ0v) is 12.2. The zero-order chi connectivity index (χ0) is 14.2. The van der Waals surface area contributed by atoms with E-state index in [-0.39, 0.29) is 0 Å². The van der Waals surface area contributed by atoms with Crippen LogP contribution in [0.2, 0.25) is 5.02 Å². The van der Waals surface area contributed by atoms with Gasteiger partial charge in [-0.25, -0.2) is 0 Å². The molecule has 0 amide bonds. The first kappa shape index (κ1) is 12.5. The van der Waals surface area contributed by atoms with Gasteiger partial charge < -0.3 is 4.52 Å². The van der Waals surface area contributed by atoms with Gasteiger partial charge in [0.15, 0.2) is 0 Å². The van der Waals surface area contributed by atoms with Crippen LogP contribution in [0.4, 0.5) is 0 Å². The SMILES string of the molecule is Clc1c(-c2nc(-c3cccnc3)no2)sc2ccccc12. The lowest BCUT2D eigenvalue weighted by atomic mass is 10.2. The van der Waals surface area contributed by atoms with E-state index in [0.29, 0.717) is 16.7 Å². The number of hydrogen-bond acceptors (Lipinski definition) is 5. The maximum absolute atomic E-state index is 6.42. The van der Waals surface area contributed by atoms with Gasteiger partial charge in [0.2, 0.25) is 5.82 Å². The van der Waals surface area contributed by atoms with Crippen molar-refractivity contribution in [2.24, 2.45) is 0 Å². The number of nitrogens with zero attached hydrogens (tertiary/aromatic N) is 3. The molecule has 0 atom stereocenters. The van der Waals surface area contributed by atoms with Crippen LogP contribution in [0.3, 0.4) is 0 Å². The molecule has 0 bridgehead atoms. The smallest absolute Gasteiger partial charge is 0.269 e. The number of fused-ring (bicyclic) bond motifs is 1. The Bertz CT molecular complexity index is 917. The minimum Gasteiger partial charge on any atom is -0.333 e. The van der Waals surface area contributed by atoms with E-state index in [1.807, 2.05) is 36.4 Å². The maximum Gasteiger partial charge on any atom is 0.269 e. The first-order chi connectivity index (χ1) is 10.3. The van der Waals surface area contributed by atoms with E-state index in [2.05, 4.69) is 15.1 Å². The highest BCUT2D eigenvalue weighted by molar-refractivity contribution is 7.23. The Morgan fingerprint density at radius 2 is 2.00 bits per heavy atom. The van der Waals surface area contributed by atoms with Crippen molar-refractivity contribution in [2.75, 3.05) is 0 Å². The summed E-state index contributed by atoms with van der Waals surface area (Å²) in [4.78, 5) is 9.26. The van der Waals surface area contributed by atoms with Crippen LogP contribution in [0.25, 0.3) is 32.2 Å². The molecule has 0 N–H and O–H groups in total. The molecule has 6 heteroatoms. The molecule has 4 nitrogen and oxygen atoms in total. The van der Waals surface area contributed by atoms with E-state index in [0.717, 1.165) is 20.5 Å². The molecule has 0 aliphatic rings. The van der Waals surface area contributed by atoms with Gasteiger partial charge in [-0.15, -0.1) is 11.3 Å². The summed E-state index contributed by atoms with van der Waals surface area (Å²) >= 11 is 7.96. The van der Waals surface area contributed by atoms with Crippen molar-refractivity contribution in [1.29, 1.82) is 0 Å². The average molecular weight is 314 g/mol. The summed E-state index contributed by atoms with van der Waals surface area (Å²) in [6.45, 7) is 0. The van der Waals surface area contributed by atoms with Crippen molar-refractivity contribution in [3.8, 4) is 22.2 Å². The third-order valence-corrected chi connectivity index (χ3v) is 4.74. The first-order valence-corrected chi connectivity index (χ1v) is 7.44. The third kappa shape index (κ3) is 2.11. The number of hydrogen-bond donors (Lipinski definition) is 0. The summed E-state index contributed by atoms with van der Waals surface area (Å²) in [6, 6.07) is 11.7. The molecule has 3 aromatic heterocycles. The number of halogens is 1. The van der Waals surface area contributed by atoms with Crippen molar-refractivity contribution >= 4 is 33.0 Å². The van der Waals surface area contributed by atoms with Gasteiger partial charge in [-0.2, -0.15) is 4.98 Å². The first-order valence-electron chi connectivity index (χ1n) is 6.24. The molecule has 1 aromatic carbocycles. The number of rotatable bonds is 2. The Balaban J connectivity index is 1.83. The van der Waals surface area contributed by atoms with Gasteiger partial charge in [0, 0.05) is 28.0 Å². The van der Waals surface area contributed by atoms with Crippen LogP contribution in [0.15, 0.2) is 53.3 Å². The second-order valence-corrected chi connectivity index (χ2v) is 5.84. The second kappa shape index (κ2) is 4.95. The van der Waals surface area contributed by atoms with E-state index >= 15 is 0 Å². The van der Waals surface area contributed by atoms with Crippen LogP contribution in [-0.4, -0.2) is 15.1 Å². The summed E-state index contributed by atoms with van der Waals surface area (Å²) < 4.78 is 6.45. The van der Waals surface area contributed by atoms with Gasteiger partial charge >= 0.3 is 0 Å².